The molecule has 0 aliphatic carbocycles. The van der Waals surface area contributed by atoms with Crippen molar-refractivity contribution < 1.29 is 15.0 Å². The Kier molecular flexibility index (Phi) is 9.91. The minimum absolute atomic E-state index is 0.222. The molecule has 0 aromatic carbocycles. The lowest BCUT2D eigenvalue weighted by molar-refractivity contribution is -0.136. The molecule has 0 heterocycles. The zero-order valence-corrected chi connectivity index (χ0v) is 10.8. The average molecular weight is 228 g/mol. The van der Waals surface area contributed by atoms with Crippen molar-refractivity contribution in [2.75, 3.05) is 0 Å². The summed E-state index contributed by atoms with van der Waals surface area (Å²) in [5.41, 5.74) is 0.594. The topological polar surface area (TPSA) is 57.5 Å². The quantitative estimate of drug-likeness (QED) is 0.711. The zero-order valence-electron chi connectivity index (χ0n) is 10.8. The van der Waals surface area contributed by atoms with Crippen molar-refractivity contribution in [3.8, 4) is 0 Å². The molecule has 94 valence electrons. The first-order valence-electron chi connectivity index (χ1n) is 5.46. The van der Waals surface area contributed by atoms with Crippen LogP contribution in [0.3, 0.4) is 0 Å². The number of rotatable bonds is 5. The minimum Gasteiger partial charge on any atom is -0.481 e. The summed E-state index contributed by atoms with van der Waals surface area (Å²) in [6.07, 6.45) is 5.60. The lowest BCUT2D eigenvalue weighted by Gasteiger charge is -2.16. The van der Waals surface area contributed by atoms with E-state index in [1.54, 1.807) is 19.9 Å². The van der Waals surface area contributed by atoms with E-state index < -0.39 is 11.6 Å². The third-order valence-electron chi connectivity index (χ3n) is 1.95. The maximum Gasteiger partial charge on any atom is 0.303 e. The second-order valence-electron chi connectivity index (χ2n) is 4.13. The minimum atomic E-state index is -0.745. The number of carboxylic acid groups (broad SMARTS) is 1. The summed E-state index contributed by atoms with van der Waals surface area (Å²) in [7, 11) is 0. The van der Waals surface area contributed by atoms with Crippen LogP contribution >= 0.6 is 0 Å². The van der Waals surface area contributed by atoms with Gasteiger partial charge in [0.15, 0.2) is 0 Å². The summed E-state index contributed by atoms with van der Waals surface area (Å²) >= 11 is 0. The normalized spacial score (nSPS) is 12.8. The highest BCUT2D eigenvalue weighted by Crippen LogP contribution is 2.13. The first-order chi connectivity index (χ1) is 7.25. The lowest BCUT2D eigenvalue weighted by atomic mass is 10.00. The number of carbonyl (C=O) groups is 1. The summed E-state index contributed by atoms with van der Waals surface area (Å²) < 4.78 is 0. The number of hydrogen-bond acceptors (Lipinski definition) is 2. The fraction of sp³-hybridized carbons (Fsp3) is 0.615. The van der Waals surface area contributed by atoms with Gasteiger partial charge in [-0.3, -0.25) is 4.79 Å². The molecule has 0 aliphatic rings. The molecule has 0 aromatic heterocycles. The molecule has 3 nitrogen and oxygen atoms in total. The standard InChI is InChI=1S/C10H18O.C3H6O2/c1-5-10(4,11)8-6-7-9(2)3;1-2-3(4)5/h5,7,11H,1,6,8H2,2-4H3;2H2,1H3,(H,4,5). The molecular formula is C13H24O3. The van der Waals surface area contributed by atoms with Crippen LogP contribution in [0.4, 0.5) is 0 Å². The van der Waals surface area contributed by atoms with Gasteiger partial charge in [-0.1, -0.05) is 24.6 Å². The van der Waals surface area contributed by atoms with E-state index in [4.69, 9.17) is 5.11 Å². The monoisotopic (exact) mass is 228 g/mol. The van der Waals surface area contributed by atoms with Crippen molar-refractivity contribution in [3.05, 3.63) is 24.3 Å². The Bertz CT molecular complexity index is 236. The van der Waals surface area contributed by atoms with E-state index in [9.17, 15) is 9.90 Å². The molecule has 0 saturated carbocycles. The number of aliphatic carboxylic acids is 1. The van der Waals surface area contributed by atoms with E-state index in [0.29, 0.717) is 0 Å². The molecule has 0 fully saturated rings. The van der Waals surface area contributed by atoms with Crippen LogP contribution in [0.1, 0.15) is 47.0 Å². The van der Waals surface area contributed by atoms with Crippen molar-refractivity contribution >= 4 is 5.97 Å². The molecule has 0 aliphatic heterocycles. The van der Waals surface area contributed by atoms with Gasteiger partial charge in [0, 0.05) is 6.42 Å². The van der Waals surface area contributed by atoms with Gasteiger partial charge in [0.25, 0.3) is 0 Å². The van der Waals surface area contributed by atoms with Crippen LogP contribution < -0.4 is 0 Å². The summed E-state index contributed by atoms with van der Waals surface area (Å²) in [5, 5.41) is 17.2. The van der Waals surface area contributed by atoms with Crippen LogP contribution in [0.5, 0.6) is 0 Å². The molecule has 3 heteroatoms. The van der Waals surface area contributed by atoms with Gasteiger partial charge in [-0.25, -0.2) is 0 Å². The van der Waals surface area contributed by atoms with Crippen molar-refractivity contribution in [2.24, 2.45) is 0 Å². The van der Waals surface area contributed by atoms with Gasteiger partial charge in [0.1, 0.15) is 0 Å². The molecule has 0 amide bonds. The SMILES string of the molecule is C=CC(C)(O)CCC=C(C)C.CCC(=O)O. The van der Waals surface area contributed by atoms with E-state index in [-0.39, 0.29) is 6.42 Å². The van der Waals surface area contributed by atoms with E-state index in [1.807, 2.05) is 0 Å². The highest BCUT2D eigenvalue weighted by atomic mass is 16.4. The number of aliphatic hydroxyl groups is 1. The van der Waals surface area contributed by atoms with E-state index in [0.717, 1.165) is 12.8 Å². The van der Waals surface area contributed by atoms with E-state index in [1.165, 1.54) is 5.57 Å². The zero-order chi connectivity index (χ0) is 13.2. The highest BCUT2D eigenvalue weighted by Gasteiger charge is 2.12. The van der Waals surface area contributed by atoms with Crippen LogP contribution in [0, 0.1) is 0 Å². The molecule has 1 unspecified atom stereocenters. The Balaban J connectivity index is 0. The summed E-state index contributed by atoms with van der Waals surface area (Å²) in [4.78, 5) is 9.37. The smallest absolute Gasteiger partial charge is 0.303 e. The second-order valence-corrected chi connectivity index (χ2v) is 4.13. The van der Waals surface area contributed by atoms with Crippen molar-refractivity contribution in [3.63, 3.8) is 0 Å². The summed E-state index contributed by atoms with van der Waals surface area (Å²) in [5.74, 6) is -0.745. The van der Waals surface area contributed by atoms with Crippen molar-refractivity contribution in [2.45, 2.75) is 52.6 Å². The van der Waals surface area contributed by atoms with Crippen LogP contribution in [0.15, 0.2) is 24.3 Å². The van der Waals surface area contributed by atoms with Crippen LogP contribution in [-0.4, -0.2) is 21.8 Å². The van der Waals surface area contributed by atoms with Gasteiger partial charge >= 0.3 is 5.97 Å². The Morgan fingerprint density at radius 2 is 1.88 bits per heavy atom. The van der Waals surface area contributed by atoms with Gasteiger partial charge in [0.05, 0.1) is 5.60 Å². The fourth-order valence-corrected chi connectivity index (χ4v) is 0.755. The third kappa shape index (κ3) is 15.4. The Hall–Kier alpha value is -1.09. The molecule has 2 N–H and O–H groups in total. The van der Waals surface area contributed by atoms with Gasteiger partial charge in [0.2, 0.25) is 0 Å². The molecule has 0 rings (SSSR count). The van der Waals surface area contributed by atoms with Gasteiger partial charge < -0.3 is 10.2 Å². The highest BCUT2D eigenvalue weighted by molar-refractivity contribution is 5.66. The molecule has 0 bridgehead atoms. The van der Waals surface area contributed by atoms with Crippen LogP contribution in [-0.2, 0) is 4.79 Å². The van der Waals surface area contributed by atoms with Crippen LogP contribution in [0.25, 0.3) is 0 Å². The number of carboxylic acids is 1. The molecule has 16 heavy (non-hydrogen) atoms. The Labute approximate surface area is 98.5 Å². The van der Waals surface area contributed by atoms with Gasteiger partial charge in [-0.05, 0) is 33.6 Å². The lowest BCUT2D eigenvalue weighted by Crippen LogP contribution is -2.19. The van der Waals surface area contributed by atoms with E-state index in [2.05, 4.69) is 26.5 Å². The first-order valence-corrected chi connectivity index (χ1v) is 5.46. The molecule has 0 spiro atoms. The molecule has 1 atom stereocenters. The maximum atomic E-state index is 9.49. The molecule has 0 aromatic rings. The Morgan fingerprint density at radius 3 is 2.12 bits per heavy atom. The van der Waals surface area contributed by atoms with Crippen LogP contribution in [0.2, 0.25) is 0 Å². The molecule has 0 radical (unpaired) electrons. The fourth-order valence-electron chi connectivity index (χ4n) is 0.755. The first kappa shape index (κ1) is 17.3. The second kappa shape index (κ2) is 9.16. The molecule has 0 saturated heterocycles. The maximum absolute atomic E-state index is 9.49. The third-order valence-corrected chi connectivity index (χ3v) is 1.95. The summed E-state index contributed by atoms with van der Waals surface area (Å²) in [6, 6.07) is 0. The van der Waals surface area contributed by atoms with E-state index >= 15 is 0 Å². The predicted octanol–water partition coefficient (Wildman–Crippen LogP) is 3.15. The largest absolute Gasteiger partial charge is 0.481 e. The molecular weight excluding hydrogens is 204 g/mol. The number of hydrogen-bond donors (Lipinski definition) is 2. The van der Waals surface area contributed by atoms with Gasteiger partial charge in [-0.2, -0.15) is 0 Å². The average Bonchev–Trinajstić information content (AvgIpc) is 2.18. The number of allylic oxidation sites excluding steroid dienone is 2. The Morgan fingerprint density at radius 1 is 1.44 bits per heavy atom. The van der Waals surface area contributed by atoms with Gasteiger partial charge in [-0.15, -0.1) is 6.58 Å². The van der Waals surface area contributed by atoms with Crippen molar-refractivity contribution in [1.29, 1.82) is 0 Å². The summed E-state index contributed by atoms with van der Waals surface area (Å²) in [6.45, 7) is 11.1. The van der Waals surface area contributed by atoms with Crippen molar-refractivity contribution in [1.82, 2.24) is 0 Å². The predicted molar refractivity (Wildman–Crippen MR) is 67.4 cm³/mol.